The highest BCUT2D eigenvalue weighted by Crippen LogP contribution is 2.26. The lowest BCUT2D eigenvalue weighted by Crippen LogP contribution is -2.31. The van der Waals surface area contributed by atoms with Gasteiger partial charge in [-0.05, 0) is 36.3 Å². The highest BCUT2D eigenvalue weighted by Gasteiger charge is 2.25. The summed E-state index contributed by atoms with van der Waals surface area (Å²) >= 11 is 0. The fourth-order valence-electron chi connectivity index (χ4n) is 3.02. The van der Waals surface area contributed by atoms with Crippen LogP contribution in [0.2, 0.25) is 0 Å². The molecule has 4 nitrogen and oxygen atoms in total. The first-order valence-electron chi connectivity index (χ1n) is 8.37. The predicted molar refractivity (Wildman–Crippen MR) is 95.4 cm³/mol. The Morgan fingerprint density at radius 2 is 2.04 bits per heavy atom. The maximum absolute atomic E-state index is 12.1. The Balaban J connectivity index is 0.00000264. The number of hydrogen-bond donors (Lipinski definition) is 2. The van der Waals surface area contributed by atoms with Gasteiger partial charge in [0.2, 0.25) is 5.91 Å². The molecule has 2 atom stereocenters. The Bertz CT molecular complexity index is 482. The first-order valence-corrected chi connectivity index (χ1v) is 8.37. The summed E-state index contributed by atoms with van der Waals surface area (Å²) in [7, 11) is 0. The van der Waals surface area contributed by atoms with Crippen LogP contribution in [0.15, 0.2) is 24.3 Å². The van der Waals surface area contributed by atoms with Crippen molar-refractivity contribution in [1.82, 2.24) is 5.32 Å². The third-order valence-corrected chi connectivity index (χ3v) is 4.37. The molecule has 0 saturated heterocycles. The molecule has 0 bridgehead atoms. The number of rotatable bonds is 8. The van der Waals surface area contributed by atoms with E-state index < -0.39 is 0 Å². The van der Waals surface area contributed by atoms with Gasteiger partial charge in [0.1, 0.15) is 0 Å². The van der Waals surface area contributed by atoms with Crippen LogP contribution in [0.4, 0.5) is 0 Å². The van der Waals surface area contributed by atoms with Crippen LogP contribution in [-0.4, -0.2) is 18.6 Å². The molecule has 3 N–H and O–H groups in total. The van der Waals surface area contributed by atoms with E-state index in [1.54, 1.807) is 0 Å². The molecule has 1 aromatic rings. The Labute approximate surface area is 145 Å². The lowest BCUT2D eigenvalue weighted by molar-refractivity contribution is -0.122. The summed E-state index contributed by atoms with van der Waals surface area (Å²) in [5.41, 5.74) is 8.30. The van der Waals surface area contributed by atoms with E-state index in [2.05, 4.69) is 18.3 Å². The first-order chi connectivity index (χ1) is 10.7. The van der Waals surface area contributed by atoms with Gasteiger partial charge >= 0.3 is 0 Å². The summed E-state index contributed by atoms with van der Waals surface area (Å²) in [4.78, 5) is 12.1. The molecule has 5 heteroatoms. The Hall–Kier alpha value is -1.10. The summed E-state index contributed by atoms with van der Waals surface area (Å²) in [5, 5.41) is 3.03. The van der Waals surface area contributed by atoms with Gasteiger partial charge in [0.15, 0.2) is 0 Å². The minimum absolute atomic E-state index is 0. The van der Waals surface area contributed by atoms with Gasteiger partial charge in [-0.2, -0.15) is 0 Å². The molecule has 0 unspecified atom stereocenters. The van der Waals surface area contributed by atoms with E-state index in [1.807, 2.05) is 18.2 Å². The number of nitrogens with one attached hydrogen (secondary N) is 1. The maximum atomic E-state index is 12.1. The van der Waals surface area contributed by atoms with Crippen LogP contribution in [0.5, 0.6) is 0 Å². The van der Waals surface area contributed by atoms with Gasteiger partial charge in [0.25, 0.3) is 0 Å². The van der Waals surface area contributed by atoms with Crippen LogP contribution >= 0.6 is 12.4 Å². The average molecular weight is 341 g/mol. The summed E-state index contributed by atoms with van der Waals surface area (Å²) in [5.74, 6) is 0.453. The monoisotopic (exact) mass is 340 g/mol. The SMILES string of the molecule is CCCOCc1ccccc1CNC(=O)C[C@@H]1CCC[C@H]1N.Cl. The van der Waals surface area contributed by atoms with E-state index >= 15 is 0 Å². The fourth-order valence-corrected chi connectivity index (χ4v) is 3.02. The van der Waals surface area contributed by atoms with Crippen LogP contribution in [-0.2, 0) is 22.7 Å². The average Bonchev–Trinajstić information content (AvgIpc) is 2.92. The van der Waals surface area contributed by atoms with E-state index in [0.717, 1.165) is 43.4 Å². The molecule has 1 saturated carbocycles. The molecule has 1 fully saturated rings. The number of nitrogens with two attached hydrogens (primary N) is 1. The standard InChI is InChI=1S/C18H28N2O2.ClH/c1-2-10-22-13-16-7-4-3-6-15(16)12-20-18(21)11-14-8-5-9-17(14)19;/h3-4,6-7,14,17H,2,5,8-13,19H2,1H3,(H,20,21);1H/t14-,17+;/m0./s1. The number of carbonyl (C=O) groups is 1. The van der Waals surface area contributed by atoms with Crippen molar-refractivity contribution in [2.24, 2.45) is 11.7 Å². The number of halogens is 1. The van der Waals surface area contributed by atoms with Crippen molar-refractivity contribution in [1.29, 1.82) is 0 Å². The molecule has 1 aliphatic carbocycles. The molecule has 0 spiro atoms. The largest absolute Gasteiger partial charge is 0.377 e. The Morgan fingerprint density at radius 3 is 2.70 bits per heavy atom. The molecular weight excluding hydrogens is 312 g/mol. The van der Waals surface area contributed by atoms with Crippen molar-refractivity contribution >= 4 is 18.3 Å². The molecule has 1 amide bonds. The highest BCUT2D eigenvalue weighted by molar-refractivity contribution is 5.85. The number of carbonyl (C=O) groups excluding carboxylic acids is 1. The van der Waals surface area contributed by atoms with Crippen LogP contribution in [0, 0.1) is 5.92 Å². The lowest BCUT2D eigenvalue weighted by atomic mass is 10.00. The molecule has 0 aromatic heterocycles. The van der Waals surface area contributed by atoms with Crippen molar-refractivity contribution in [3.63, 3.8) is 0 Å². The molecule has 0 radical (unpaired) electrons. The predicted octanol–water partition coefficient (Wildman–Crippen LogP) is 3.17. The lowest BCUT2D eigenvalue weighted by Gasteiger charge is -2.15. The molecular formula is C18H29ClN2O2. The van der Waals surface area contributed by atoms with E-state index in [-0.39, 0.29) is 24.4 Å². The molecule has 0 aliphatic heterocycles. The fraction of sp³-hybridized carbons (Fsp3) is 0.611. The van der Waals surface area contributed by atoms with Gasteiger partial charge < -0.3 is 15.8 Å². The molecule has 1 aromatic carbocycles. The van der Waals surface area contributed by atoms with E-state index in [0.29, 0.717) is 25.5 Å². The second kappa shape index (κ2) is 10.6. The van der Waals surface area contributed by atoms with E-state index in [1.165, 1.54) is 0 Å². The molecule has 1 aliphatic rings. The normalized spacial score (nSPS) is 20.1. The molecule has 23 heavy (non-hydrogen) atoms. The smallest absolute Gasteiger partial charge is 0.220 e. The van der Waals surface area contributed by atoms with Crippen molar-refractivity contribution in [2.75, 3.05) is 6.61 Å². The number of hydrogen-bond acceptors (Lipinski definition) is 3. The van der Waals surface area contributed by atoms with Gasteiger partial charge in [0, 0.05) is 25.6 Å². The van der Waals surface area contributed by atoms with Crippen LogP contribution in [0.25, 0.3) is 0 Å². The maximum Gasteiger partial charge on any atom is 0.220 e. The zero-order chi connectivity index (χ0) is 15.8. The number of amides is 1. The molecule has 2 rings (SSSR count). The van der Waals surface area contributed by atoms with E-state index in [4.69, 9.17) is 10.5 Å². The van der Waals surface area contributed by atoms with Gasteiger partial charge in [-0.25, -0.2) is 0 Å². The summed E-state index contributed by atoms with van der Waals surface area (Å²) < 4.78 is 5.61. The number of ether oxygens (including phenoxy) is 1. The summed E-state index contributed by atoms with van der Waals surface area (Å²) in [6.07, 6.45) is 4.85. The van der Waals surface area contributed by atoms with Gasteiger partial charge in [-0.1, -0.05) is 37.6 Å². The summed E-state index contributed by atoms with van der Waals surface area (Å²) in [6.45, 7) is 4.03. The van der Waals surface area contributed by atoms with Gasteiger partial charge in [-0.3, -0.25) is 4.79 Å². The Kier molecular flexibility index (Phi) is 9.22. The minimum Gasteiger partial charge on any atom is -0.377 e. The molecule has 130 valence electrons. The van der Waals surface area contributed by atoms with Crippen molar-refractivity contribution in [3.05, 3.63) is 35.4 Å². The Morgan fingerprint density at radius 1 is 1.30 bits per heavy atom. The van der Waals surface area contributed by atoms with Gasteiger partial charge in [-0.15, -0.1) is 12.4 Å². The zero-order valence-electron chi connectivity index (χ0n) is 13.9. The second-order valence-corrected chi connectivity index (χ2v) is 6.16. The molecule has 0 heterocycles. The number of benzene rings is 1. The third kappa shape index (κ3) is 6.50. The van der Waals surface area contributed by atoms with Crippen LogP contribution < -0.4 is 11.1 Å². The minimum atomic E-state index is 0. The van der Waals surface area contributed by atoms with Gasteiger partial charge in [0.05, 0.1) is 6.61 Å². The van der Waals surface area contributed by atoms with Crippen molar-refractivity contribution in [3.8, 4) is 0 Å². The van der Waals surface area contributed by atoms with Crippen LogP contribution in [0.3, 0.4) is 0 Å². The zero-order valence-corrected chi connectivity index (χ0v) is 14.7. The van der Waals surface area contributed by atoms with Crippen LogP contribution in [0.1, 0.15) is 50.2 Å². The highest BCUT2D eigenvalue weighted by atomic mass is 35.5. The quantitative estimate of drug-likeness (QED) is 0.714. The first kappa shape index (κ1) is 19.9. The van der Waals surface area contributed by atoms with E-state index in [9.17, 15) is 4.79 Å². The van der Waals surface area contributed by atoms with Crippen molar-refractivity contribution in [2.45, 2.75) is 58.2 Å². The summed E-state index contributed by atoms with van der Waals surface area (Å²) in [6, 6.07) is 8.31. The topological polar surface area (TPSA) is 64.3 Å². The second-order valence-electron chi connectivity index (χ2n) is 6.16. The third-order valence-electron chi connectivity index (χ3n) is 4.37. The van der Waals surface area contributed by atoms with Crippen molar-refractivity contribution < 1.29 is 9.53 Å².